The highest BCUT2D eigenvalue weighted by atomic mass is 127. The fourth-order valence-electron chi connectivity index (χ4n) is 2.60. The summed E-state index contributed by atoms with van der Waals surface area (Å²) in [6.45, 7) is 1.92. The normalized spacial score (nSPS) is 12.3. The van der Waals surface area contributed by atoms with E-state index in [0.717, 1.165) is 20.1 Å². The van der Waals surface area contributed by atoms with Gasteiger partial charge < -0.3 is 19.4 Å². The number of aliphatic hydroxyl groups is 1. The van der Waals surface area contributed by atoms with Gasteiger partial charge in [-0.1, -0.05) is 18.2 Å². The minimum absolute atomic E-state index is 0.0913. The molecule has 3 aromatic rings. The Balaban J connectivity index is 1.82. The van der Waals surface area contributed by atoms with Gasteiger partial charge in [-0.15, -0.1) is 0 Å². The lowest BCUT2D eigenvalue weighted by atomic mass is 10.1. The van der Waals surface area contributed by atoms with Crippen molar-refractivity contribution in [3.63, 3.8) is 0 Å². The largest absolute Gasteiger partial charge is 0.485 e. The van der Waals surface area contributed by atoms with Gasteiger partial charge in [0.1, 0.15) is 23.7 Å². The van der Waals surface area contributed by atoms with Crippen molar-refractivity contribution in [2.75, 3.05) is 0 Å². The predicted molar refractivity (Wildman–Crippen MR) is 102 cm³/mol. The van der Waals surface area contributed by atoms with Crippen LogP contribution in [0, 0.1) is 3.57 Å². The minimum atomic E-state index is -0.903. The number of carboxylic acids is 1. The molecule has 0 aliphatic carbocycles. The molecule has 0 saturated carbocycles. The Labute approximate surface area is 158 Å². The second kappa shape index (κ2) is 7.45. The highest BCUT2D eigenvalue weighted by molar-refractivity contribution is 14.1. The van der Waals surface area contributed by atoms with Crippen LogP contribution in [-0.4, -0.2) is 16.2 Å². The van der Waals surface area contributed by atoms with Gasteiger partial charge in [0.25, 0.3) is 0 Å². The van der Waals surface area contributed by atoms with Gasteiger partial charge in [-0.05, 0) is 59.3 Å². The van der Waals surface area contributed by atoms with Crippen molar-refractivity contribution in [3.8, 4) is 5.75 Å². The Morgan fingerprint density at radius 3 is 2.76 bits per heavy atom. The van der Waals surface area contributed by atoms with E-state index in [0.29, 0.717) is 17.1 Å². The molecule has 6 heteroatoms. The average molecular weight is 452 g/mol. The van der Waals surface area contributed by atoms with E-state index in [-0.39, 0.29) is 13.0 Å². The third-order valence-electron chi connectivity index (χ3n) is 3.81. The van der Waals surface area contributed by atoms with Crippen LogP contribution in [0.4, 0.5) is 0 Å². The minimum Gasteiger partial charge on any atom is -0.485 e. The monoisotopic (exact) mass is 452 g/mol. The molecule has 3 rings (SSSR count). The molecular weight excluding hydrogens is 435 g/mol. The SMILES string of the molecule is CC(O)c1cc(I)c2oc(COc3ccccc3CC(=O)O)cc2c1. The quantitative estimate of drug-likeness (QED) is 0.546. The van der Waals surface area contributed by atoms with Crippen molar-refractivity contribution in [1.82, 2.24) is 0 Å². The number of fused-ring (bicyclic) bond motifs is 1. The number of halogens is 1. The molecule has 5 nitrogen and oxygen atoms in total. The molecule has 1 aromatic heterocycles. The summed E-state index contributed by atoms with van der Waals surface area (Å²) in [5.74, 6) is 0.269. The first-order chi connectivity index (χ1) is 11.9. The van der Waals surface area contributed by atoms with Crippen LogP contribution in [0.1, 0.15) is 29.9 Å². The molecule has 0 aliphatic rings. The molecule has 2 aromatic carbocycles. The van der Waals surface area contributed by atoms with Gasteiger partial charge in [0.2, 0.25) is 0 Å². The van der Waals surface area contributed by atoms with E-state index in [4.69, 9.17) is 14.3 Å². The molecule has 0 saturated heterocycles. The Bertz CT molecular complexity index is 913. The lowest BCUT2D eigenvalue weighted by Gasteiger charge is -2.08. The highest BCUT2D eigenvalue weighted by Crippen LogP contribution is 2.29. The van der Waals surface area contributed by atoms with Crippen molar-refractivity contribution in [2.24, 2.45) is 0 Å². The maximum atomic E-state index is 10.9. The first kappa shape index (κ1) is 17.8. The Morgan fingerprint density at radius 1 is 1.28 bits per heavy atom. The first-order valence-corrected chi connectivity index (χ1v) is 8.84. The summed E-state index contributed by atoms with van der Waals surface area (Å²) in [7, 11) is 0. The maximum absolute atomic E-state index is 10.9. The predicted octanol–water partition coefficient (Wildman–Crippen LogP) is 4.30. The van der Waals surface area contributed by atoms with Crippen molar-refractivity contribution in [1.29, 1.82) is 0 Å². The van der Waals surface area contributed by atoms with E-state index < -0.39 is 12.1 Å². The smallest absolute Gasteiger partial charge is 0.307 e. The second-order valence-electron chi connectivity index (χ2n) is 5.78. The number of benzene rings is 2. The van der Waals surface area contributed by atoms with Gasteiger partial charge in [0, 0.05) is 10.9 Å². The number of furan rings is 1. The van der Waals surface area contributed by atoms with E-state index in [1.54, 1.807) is 31.2 Å². The second-order valence-corrected chi connectivity index (χ2v) is 6.94. The summed E-state index contributed by atoms with van der Waals surface area (Å²) in [6, 6.07) is 12.7. The van der Waals surface area contributed by atoms with Gasteiger partial charge >= 0.3 is 5.97 Å². The van der Waals surface area contributed by atoms with Crippen LogP contribution in [0.2, 0.25) is 0 Å². The zero-order chi connectivity index (χ0) is 18.0. The molecule has 0 fully saturated rings. The van der Waals surface area contributed by atoms with Crippen molar-refractivity contribution < 1.29 is 24.2 Å². The summed E-state index contributed by atoms with van der Waals surface area (Å²) in [4.78, 5) is 10.9. The maximum Gasteiger partial charge on any atom is 0.307 e. The van der Waals surface area contributed by atoms with Crippen LogP contribution in [0.5, 0.6) is 5.75 Å². The third kappa shape index (κ3) is 4.13. The molecule has 2 N–H and O–H groups in total. The fraction of sp³-hybridized carbons (Fsp3) is 0.211. The Morgan fingerprint density at radius 2 is 2.04 bits per heavy atom. The molecule has 1 heterocycles. The highest BCUT2D eigenvalue weighted by Gasteiger charge is 2.13. The lowest BCUT2D eigenvalue weighted by molar-refractivity contribution is -0.136. The van der Waals surface area contributed by atoms with Gasteiger partial charge in [-0.25, -0.2) is 0 Å². The number of rotatable bonds is 6. The molecule has 0 bridgehead atoms. The van der Waals surface area contributed by atoms with Crippen molar-refractivity contribution in [3.05, 3.63) is 62.9 Å². The summed E-state index contributed by atoms with van der Waals surface area (Å²) in [6.07, 6.45) is -0.637. The number of carbonyl (C=O) groups is 1. The Hall–Kier alpha value is -2.06. The molecule has 0 radical (unpaired) electrons. The summed E-state index contributed by atoms with van der Waals surface area (Å²) >= 11 is 2.18. The summed E-state index contributed by atoms with van der Waals surface area (Å²) < 4.78 is 12.5. The number of para-hydroxylation sites is 1. The average Bonchev–Trinajstić information content (AvgIpc) is 2.97. The summed E-state index contributed by atoms with van der Waals surface area (Å²) in [5.41, 5.74) is 2.21. The van der Waals surface area contributed by atoms with Gasteiger partial charge in [0.15, 0.2) is 0 Å². The van der Waals surface area contributed by atoms with Crippen LogP contribution >= 0.6 is 22.6 Å². The van der Waals surface area contributed by atoms with Crippen LogP contribution in [0.25, 0.3) is 11.0 Å². The lowest BCUT2D eigenvalue weighted by Crippen LogP contribution is -2.03. The van der Waals surface area contributed by atoms with Crippen molar-refractivity contribution >= 4 is 39.5 Å². The van der Waals surface area contributed by atoms with Crippen LogP contribution in [0.15, 0.2) is 46.9 Å². The van der Waals surface area contributed by atoms with E-state index in [9.17, 15) is 9.90 Å². The number of aliphatic hydroxyl groups excluding tert-OH is 1. The number of hydrogen-bond acceptors (Lipinski definition) is 4. The molecule has 0 aliphatic heterocycles. The van der Waals surface area contributed by atoms with Gasteiger partial charge in [-0.2, -0.15) is 0 Å². The van der Waals surface area contributed by atoms with E-state index in [2.05, 4.69) is 22.6 Å². The zero-order valence-corrected chi connectivity index (χ0v) is 15.7. The molecule has 1 atom stereocenters. The first-order valence-electron chi connectivity index (χ1n) is 7.76. The van der Waals surface area contributed by atoms with Gasteiger partial charge in [0.05, 0.1) is 16.1 Å². The third-order valence-corrected chi connectivity index (χ3v) is 4.61. The Kier molecular flexibility index (Phi) is 5.29. The number of carboxylic acid groups (broad SMARTS) is 1. The number of hydrogen-bond donors (Lipinski definition) is 2. The molecule has 25 heavy (non-hydrogen) atoms. The van der Waals surface area contributed by atoms with Crippen LogP contribution in [-0.2, 0) is 17.8 Å². The number of ether oxygens (including phenoxy) is 1. The molecular formula is C19H17IO5. The standard InChI is InChI=1S/C19H17IO5/c1-11(21)13-6-14-7-15(25-19(14)16(20)8-13)10-24-17-5-3-2-4-12(17)9-18(22)23/h2-8,11,21H,9-10H2,1H3,(H,22,23). The topological polar surface area (TPSA) is 79.9 Å². The van der Waals surface area contributed by atoms with Gasteiger partial charge in [-0.3, -0.25) is 4.79 Å². The zero-order valence-electron chi connectivity index (χ0n) is 13.5. The summed E-state index contributed by atoms with van der Waals surface area (Å²) in [5, 5.41) is 19.6. The van der Waals surface area contributed by atoms with E-state index in [1.165, 1.54) is 0 Å². The van der Waals surface area contributed by atoms with Crippen molar-refractivity contribution in [2.45, 2.75) is 26.1 Å². The van der Waals surface area contributed by atoms with E-state index in [1.807, 2.05) is 18.2 Å². The van der Waals surface area contributed by atoms with Crippen LogP contribution < -0.4 is 4.74 Å². The van der Waals surface area contributed by atoms with Crippen LogP contribution in [0.3, 0.4) is 0 Å². The molecule has 130 valence electrons. The van der Waals surface area contributed by atoms with E-state index >= 15 is 0 Å². The molecule has 0 amide bonds. The number of aliphatic carboxylic acids is 1. The molecule has 1 unspecified atom stereocenters. The molecule has 0 spiro atoms. The fourth-order valence-corrected chi connectivity index (χ4v) is 3.38.